The molecule has 17 heavy (non-hydrogen) atoms. The van der Waals surface area contributed by atoms with E-state index < -0.39 is 0 Å². The van der Waals surface area contributed by atoms with Crippen LogP contribution in [0, 0.1) is 0 Å². The molecule has 4 heteroatoms. The minimum absolute atomic E-state index is 0.196. The predicted octanol–water partition coefficient (Wildman–Crippen LogP) is 2.55. The molecule has 1 heterocycles. The highest BCUT2D eigenvalue weighted by atomic mass is 16.5. The van der Waals surface area contributed by atoms with Crippen LogP contribution < -0.4 is 0 Å². The maximum absolute atomic E-state index is 11.8. The van der Waals surface area contributed by atoms with Crippen LogP contribution in [-0.2, 0) is 9.53 Å². The summed E-state index contributed by atoms with van der Waals surface area (Å²) >= 11 is 0. The van der Waals surface area contributed by atoms with Crippen molar-refractivity contribution in [1.82, 2.24) is 9.55 Å². The van der Waals surface area contributed by atoms with Gasteiger partial charge in [0.2, 0.25) is 0 Å². The third-order valence-corrected chi connectivity index (χ3v) is 2.76. The zero-order valence-electron chi connectivity index (χ0n) is 10.1. The van der Waals surface area contributed by atoms with Gasteiger partial charge < -0.3 is 9.30 Å². The molecule has 1 unspecified atom stereocenters. The van der Waals surface area contributed by atoms with Crippen molar-refractivity contribution in [1.29, 1.82) is 0 Å². The van der Waals surface area contributed by atoms with Gasteiger partial charge in [-0.1, -0.05) is 19.1 Å². The Labute approximate surface area is 100 Å². The second kappa shape index (κ2) is 4.99. The molecule has 0 saturated carbocycles. The summed E-state index contributed by atoms with van der Waals surface area (Å²) in [5.41, 5.74) is 1.86. The lowest BCUT2D eigenvalue weighted by Crippen LogP contribution is -2.20. The molecule has 0 spiro atoms. The van der Waals surface area contributed by atoms with Crippen molar-refractivity contribution in [2.75, 3.05) is 6.61 Å². The van der Waals surface area contributed by atoms with Gasteiger partial charge in [-0.15, -0.1) is 0 Å². The van der Waals surface area contributed by atoms with Gasteiger partial charge >= 0.3 is 5.97 Å². The zero-order chi connectivity index (χ0) is 12.3. The fourth-order valence-corrected chi connectivity index (χ4v) is 1.94. The standard InChI is InChI=1S/C13H16N2O2/c1-3-11(13(16)17-4-2)15-9-14-10-7-5-6-8-12(10)15/h5-9,11H,3-4H2,1-2H3. The number of ether oxygens (including phenoxy) is 1. The van der Waals surface area contributed by atoms with E-state index in [1.54, 1.807) is 6.33 Å². The predicted molar refractivity (Wildman–Crippen MR) is 65.7 cm³/mol. The van der Waals surface area contributed by atoms with Gasteiger partial charge in [0.25, 0.3) is 0 Å². The van der Waals surface area contributed by atoms with Gasteiger partial charge in [-0.05, 0) is 25.5 Å². The number of carbonyl (C=O) groups is 1. The molecule has 0 amide bonds. The van der Waals surface area contributed by atoms with Crippen molar-refractivity contribution in [2.24, 2.45) is 0 Å². The number of benzene rings is 1. The van der Waals surface area contributed by atoms with Gasteiger partial charge in [-0.3, -0.25) is 0 Å². The smallest absolute Gasteiger partial charge is 0.329 e. The van der Waals surface area contributed by atoms with Crippen molar-refractivity contribution in [3.8, 4) is 0 Å². The average molecular weight is 232 g/mol. The van der Waals surface area contributed by atoms with Gasteiger partial charge in [0.1, 0.15) is 6.04 Å². The molecule has 0 bridgehead atoms. The molecule has 90 valence electrons. The quantitative estimate of drug-likeness (QED) is 0.761. The van der Waals surface area contributed by atoms with Crippen LogP contribution in [-0.4, -0.2) is 22.1 Å². The highest BCUT2D eigenvalue weighted by Crippen LogP contribution is 2.20. The van der Waals surface area contributed by atoms with Crippen LogP contribution in [0.3, 0.4) is 0 Å². The summed E-state index contributed by atoms with van der Waals surface area (Å²) in [5.74, 6) is -0.196. The van der Waals surface area contributed by atoms with E-state index in [0.29, 0.717) is 13.0 Å². The van der Waals surface area contributed by atoms with Crippen LogP contribution in [0.2, 0.25) is 0 Å². The second-order valence-electron chi connectivity index (χ2n) is 3.82. The van der Waals surface area contributed by atoms with Crippen LogP contribution in [0.15, 0.2) is 30.6 Å². The lowest BCUT2D eigenvalue weighted by molar-refractivity contribution is -0.147. The fourth-order valence-electron chi connectivity index (χ4n) is 1.94. The summed E-state index contributed by atoms with van der Waals surface area (Å²) < 4.78 is 6.96. The molecule has 0 aliphatic carbocycles. The number of esters is 1. The lowest BCUT2D eigenvalue weighted by Gasteiger charge is -2.15. The van der Waals surface area contributed by atoms with E-state index >= 15 is 0 Å². The Balaban J connectivity index is 2.40. The maximum atomic E-state index is 11.8. The van der Waals surface area contributed by atoms with E-state index in [9.17, 15) is 4.79 Å². The molecular formula is C13H16N2O2. The van der Waals surface area contributed by atoms with Crippen LogP contribution in [0.25, 0.3) is 11.0 Å². The minimum Gasteiger partial charge on any atom is -0.464 e. The first kappa shape index (κ1) is 11.6. The minimum atomic E-state index is -0.289. The topological polar surface area (TPSA) is 44.1 Å². The first-order chi connectivity index (χ1) is 8.27. The number of fused-ring (bicyclic) bond motifs is 1. The molecule has 1 aromatic heterocycles. The Morgan fingerprint density at radius 3 is 2.88 bits per heavy atom. The molecule has 2 aromatic rings. The monoisotopic (exact) mass is 232 g/mol. The normalized spacial score (nSPS) is 12.6. The SMILES string of the molecule is CCOC(=O)C(CC)n1cnc2ccccc21. The van der Waals surface area contributed by atoms with Gasteiger partial charge in [0, 0.05) is 0 Å². The number of nitrogens with zero attached hydrogens (tertiary/aromatic N) is 2. The number of imidazole rings is 1. The first-order valence-corrected chi connectivity index (χ1v) is 5.86. The van der Waals surface area contributed by atoms with Crippen molar-refractivity contribution in [2.45, 2.75) is 26.3 Å². The number of aromatic nitrogens is 2. The van der Waals surface area contributed by atoms with E-state index in [-0.39, 0.29) is 12.0 Å². The van der Waals surface area contributed by atoms with Gasteiger partial charge in [0.05, 0.1) is 24.0 Å². The fraction of sp³-hybridized carbons (Fsp3) is 0.385. The summed E-state index contributed by atoms with van der Waals surface area (Å²) in [4.78, 5) is 16.1. The molecule has 0 aliphatic rings. The molecule has 2 rings (SSSR count). The number of hydrogen-bond donors (Lipinski definition) is 0. The maximum Gasteiger partial charge on any atom is 0.329 e. The van der Waals surface area contributed by atoms with E-state index in [1.165, 1.54) is 0 Å². The Bertz CT molecular complexity index is 519. The summed E-state index contributed by atoms with van der Waals surface area (Å²) in [5, 5.41) is 0. The average Bonchev–Trinajstić information content (AvgIpc) is 2.75. The zero-order valence-corrected chi connectivity index (χ0v) is 10.1. The Morgan fingerprint density at radius 2 is 2.18 bits per heavy atom. The largest absolute Gasteiger partial charge is 0.464 e. The van der Waals surface area contributed by atoms with Gasteiger partial charge in [-0.2, -0.15) is 0 Å². The first-order valence-electron chi connectivity index (χ1n) is 5.86. The molecule has 0 aliphatic heterocycles. The summed E-state index contributed by atoms with van der Waals surface area (Å²) in [6.45, 7) is 4.19. The summed E-state index contributed by atoms with van der Waals surface area (Å²) in [6.07, 6.45) is 2.40. The molecule has 0 saturated heterocycles. The highest BCUT2D eigenvalue weighted by molar-refractivity contribution is 5.80. The molecule has 0 fully saturated rings. The molecule has 4 nitrogen and oxygen atoms in total. The number of rotatable bonds is 4. The third-order valence-electron chi connectivity index (χ3n) is 2.76. The third kappa shape index (κ3) is 2.16. The van der Waals surface area contributed by atoms with Gasteiger partial charge in [0.15, 0.2) is 0 Å². The van der Waals surface area contributed by atoms with Crippen molar-refractivity contribution in [3.63, 3.8) is 0 Å². The van der Waals surface area contributed by atoms with Crippen LogP contribution >= 0.6 is 0 Å². The van der Waals surface area contributed by atoms with Crippen molar-refractivity contribution < 1.29 is 9.53 Å². The summed E-state index contributed by atoms with van der Waals surface area (Å²) in [7, 11) is 0. The Kier molecular flexibility index (Phi) is 3.42. The van der Waals surface area contributed by atoms with E-state index in [2.05, 4.69) is 4.98 Å². The molecule has 1 atom stereocenters. The number of carbonyl (C=O) groups excluding carboxylic acids is 1. The van der Waals surface area contributed by atoms with Crippen molar-refractivity contribution in [3.05, 3.63) is 30.6 Å². The van der Waals surface area contributed by atoms with E-state index in [1.807, 2.05) is 42.7 Å². The van der Waals surface area contributed by atoms with Crippen molar-refractivity contribution >= 4 is 17.0 Å². The molecule has 1 aromatic carbocycles. The highest BCUT2D eigenvalue weighted by Gasteiger charge is 2.21. The summed E-state index contributed by atoms with van der Waals surface area (Å²) in [6, 6.07) is 7.49. The van der Waals surface area contributed by atoms with E-state index in [4.69, 9.17) is 4.74 Å². The number of para-hydroxylation sites is 2. The Hall–Kier alpha value is -1.84. The van der Waals surface area contributed by atoms with Crippen LogP contribution in [0.4, 0.5) is 0 Å². The van der Waals surface area contributed by atoms with E-state index in [0.717, 1.165) is 11.0 Å². The van der Waals surface area contributed by atoms with Crippen LogP contribution in [0.5, 0.6) is 0 Å². The van der Waals surface area contributed by atoms with Gasteiger partial charge in [-0.25, -0.2) is 9.78 Å². The van der Waals surface area contributed by atoms with Crippen LogP contribution in [0.1, 0.15) is 26.3 Å². The Morgan fingerprint density at radius 1 is 1.41 bits per heavy atom. The molecular weight excluding hydrogens is 216 g/mol. The molecule has 0 radical (unpaired) electrons. The number of hydrogen-bond acceptors (Lipinski definition) is 3. The lowest BCUT2D eigenvalue weighted by atomic mass is 10.2. The molecule has 0 N–H and O–H groups in total. The second-order valence-corrected chi connectivity index (χ2v) is 3.82.